The van der Waals surface area contributed by atoms with Crippen molar-refractivity contribution in [2.45, 2.75) is 51.7 Å². The van der Waals surface area contributed by atoms with E-state index in [-0.39, 0.29) is 11.6 Å². The van der Waals surface area contributed by atoms with Gasteiger partial charge in [-0.05, 0) is 33.6 Å². The summed E-state index contributed by atoms with van der Waals surface area (Å²) in [4.78, 5) is 11.4. The summed E-state index contributed by atoms with van der Waals surface area (Å²) < 4.78 is 10.6. The van der Waals surface area contributed by atoms with E-state index in [1.165, 1.54) is 0 Å². The van der Waals surface area contributed by atoms with Crippen molar-refractivity contribution in [3.8, 4) is 0 Å². The molecule has 1 unspecified atom stereocenters. The van der Waals surface area contributed by atoms with E-state index in [0.29, 0.717) is 19.0 Å². The molecule has 0 aromatic heterocycles. The van der Waals surface area contributed by atoms with Gasteiger partial charge in [0.2, 0.25) is 0 Å². The molecule has 16 heavy (non-hydrogen) atoms. The highest BCUT2D eigenvalue weighted by Crippen LogP contribution is 2.08. The second-order valence-electron chi connectivity index (χ2n) is 5.20. The van der Waals surface area contributed by atoms with Crippen LogP contribution in [0.15, 0.2) is 0 Å². The van der Waals surface area contributed by atoms with Gasteiger partial charge in [-0.1, -0.05) is 0 Å². The SMILES string of the molecule is CC(C)(C)OC(=O)CCNC1CCCOC1. The number of ether oxygens (including phenoxy) is 2. The topological polar surface area (TPSA) is 47.6 Å². The molecule has 1 aliphatic heterocycles. The van der Waals surface area contributed by atoms with E-state index in [1.807, 2.05) is 20.8 Å². The molecule has 1 aliphatic rings. The Morgan fingerprint density at radius 1 is 1.50 bits per heavy atom. The molecule has 4 heteroatoms. The largest absolute Gasteiger partial charge is 0.460 e. The maximum Gasteiger partial charge on any atom is 0.307 e. The molecule has 0 aromatic carbocycles. The van der Waals surface area contributed by atoms with Crippen molar-refractivity contribution in [3.05, 3.63) is 0 Å². The number of hydrogen-bond donors (Lipinski definition) is 1. The summed E-state index contributed by atoms with van der Waals surface area (Å²) in [7, 11) is 0. The monoisotopic (exact) mass is 229 g/mol. The zero-order valence-electron chi connectivity index (χ0n) is 10.5. The van der Waals surface area contributed by atoms with Crippen molar-refractivity contribution >= 4 is 5.97 Å². The summed E-state index contributed by atoms with van der Waals surface area (Å²) in [6, 6.07) is 0.399. The Bertz CT molecular complexity index is 217. The molecule has 1 fully saturated rings. The van der Waals surface area contributed by atoms with Gasteiger partial charge in [0, 0.05) is 19.2 Å². The van der Waals surface area contributed by atoms with E-state index in [4.69, 9.17) is 9.47 Å². The lowest BCUT2D eigenvalue weighted by Crippen LogP contribution is -2.38. The predicted molar refractivity (Wildman–Crippen MR) is 62.3 cm³/mol. The van der Waals surface area contributed by atoms with Crippen LogP contribution in [0.2, 0.25) is 0 Å². The Kier molecular flexibility index (Phi) is 5.22. The molecule has 1 heterocycles. The van der Waals surface area contributed by atoms with Crippen molar-refractivity contribution in [2.24, 2.45) is 0 Å². The third-order valence-electron chi connectivity index (χ3n) is 2.34. The maximum absolute atomic E-state index is 11.4. The first kappa shape index (κ1) is 13.5. The molecule has 94 valence electrons. The fraction of sp³-hybridized carbons (Fsp3) is 0.917. The lowest BCUT2D eigenvalue weighted by Gasteiger charge is -2.23. The van der Waals surface area contributed by atoms with Gasteiger partial charge < -0.3 is 14.8 Å². The molecule has 1 rings (SSSR count). The lowest BCUT2D eigenvalue weighted by molar-refractivity contribution is -0.154. The minimum absolute atomic E-state index is 0.142. The summed E-state index contributed by atoms with van der Waals surface area (Å²) in [5.74, 6) is -0.142. The van der Waals surface area contributed by atoms with Crippen LogP contribution in [0.1, 0.15) is 40.0 Å². The molecule has 1 atom stereocenters. The van der Waals surface area contributed by atoms with Crippen LogP contribution < -0.4 is 5.32 Å². The molecule has 0 saturated carbocycles. The minimum Gasteiger partial charge on any atom is -0.460 e. The minimum atomic E-state index is -0.384. The number of rotatable bonds is 4. The molecule has 4 nitrogen and oxygen atoms in total. The zero-order valence-corrected chi connectivity index (χ0v) is 10.5. The van der Waals surface area contributed by atoms with Crippen LogP contribution in [-0.2, 0) is 14.3 Å². The second-order valence-corrected chi connectivity index (χ2v) is 5.20. The van der Waals surface area contributed by atoms with Gasteiger partial charge in [-0.15, -0.1) is 0 Å². The Balaban J connectivity index is 2.08. The Labute approximate surface area is 97.7 Å². The summed E-state index contributed by atoms with van der Waals surface area (Å²) in [6.07, 6.45) is 2.66. The van der Waals surface area contributed by atoms with E-state index < -0.39 is 0 Å². The lowest BCUT2D eigenvalue weighted by atomic mass is 10.1. The Morgan fingerprint density at radius 2 is 2.25 bits per heavy atom. The van der Waals surface area contributed by atoms with E-state index in [2.05, 4.69) is 5.32 Å². The third kappa shape index (κ3) is 6.08. The van der Waals surface area contributed by atoms with Crippen molar-refractivity contribution in [3.63, 3.8) is 0 Å². The maximum atomic E-state index is 11.4. The standard InChI is InChI=1S/C12H23NO3/c1-12(2,3)16-11(14)6-7-13-10-5-4-8-15-9-10/h10,13H,4-9H2,1-3H3. The van der Waals surface area contributed by atoms with Gasteiger partial charge in [-0.25, -0.2) is 0 Å². The quantitative estimate of drug-likeness (QED) is 0.742. The zero-order chi connectivity index (χ0) is 12.0. The van der Waals surface area contributed by atoms with Crippen LogP contribution in [0.3, 0.4) is 0 Å². The normalized spacial score (nSPS) is 21.8. The highest BCUT2D eigenvalue weighted by atomic mass is 16.6. The molecule has 0 radical (unpaired) electrons. The van der Waals surface area contributed by atoms with Gasteiger partial charge in [0.25, 0.3) is 0 Å². The van der Waals surface area contributed by atoms with E-state index in [0.717, 1.165) is 26.1 Å². The average molecular weight is 229 g/mol. The van der Waals surface area contributed by atoms with Gasteiger partial charge in [0.15, 0.2) is 0 Å². The molecule has 0 aromatic rings. The third-order valence-corrected chi connectivity index (χ3v) is 2.34. The summed E-state index contributed by atoms with van der Waals surface area (Å²) >= 11 is 0. The molecule has 1 saturated heterocycles. The number of carbonyl (C=O) groups excluding carboxylic acids is 1. The average Bonchev–Trinajstić information content (AvgIpc) is 2.16. The molecular weight excluding hydrogens is 206 g/mol. The number of nitrogens with one attached hydrogen (secondary N) is 1. The van der Waals surface area contributed by atoms with E-state index in [1.54, 1.807) is 0 Å². The smallest absolute Gasteiger partial charge is 0.307 e. The van der Waals surface area contributed by atoms with E-state index >= 15 is 0 Å². The van der Waals surface area contributed by atoms with Crippen molar-refractivity contribution in [2.75, 3.05) is 19.8 Å². The molecular formula is C12H23NO3. The van der Waals surface area contributed by atoms with Gasteiger partial charge in [-0.2, -0.15) is 0 Å². The Hall–Kier alpha value is -0.610. The molecule has 0 spiro atoms. The first-order valence-corrected chi connectivity index (χ1v) is 6.00. The van der Waals surface area contributed by atoms with Crippen LogP contribution in [0.5, 0.6) is 0 Å². The number of hydrogen-bond acceptors (Lipinski definition) is 4. The molecule has 0 bridgehead atoms. The summed E-state index contributed by atoms with van der Waals surface area (Å²) in [5.41, 5.74) is -0.384. The van der Waals surface area contributed by atoms with Crippen molar-refractivity contribution in [1.29, 1.82) is 0 Å². The fourth-order valence-corrected chi connectivity index (χ4v) is 1.67. The van der Waals surface area contributed by atoms with Gasteiger partial charge in [-0.3, -0.25) is 4.79 Å². The summed E-state index contributed by atoms with van der Waals surface area (Å²) in [6.45, 7) is 7.94. The van der Waals surface area contributed by atoms with Crippen LogP contribution in [0.25, 0.3) is 0 Å². The fourth-order valence-electron chi connectivity index (χ4n) is 1.67. The van der Waals surface area contributed by atoms with Gasteiger partial charge >= 0.3 is 5.97 Å². The van der Waals surface area contributed by atoms with Crippen molar-refractivity contribution < 1.29 is 14.3 Å². The number of carbonyl (C=O) groups is 1. The highest BCUT2D eigenvalue weighted by molar-refractivity contribution is 5.70. The van der Waals surface area contributed by atoms with Gasteiger partial charge in [0.05, 0.1) is 13.0 Å². The summed E-state index contributed by atoms with van der Waals surface area (Å²) in [5, 5.41) is 3.31. The second kappa shape index (κ2) is 6.21. The van der Waals surface area contributed by atoms with Gasteiger partial charge in [0.1, 0.15) is 5.60 Å². The number of esters is 1. The van der Waals surface area contributed by atoms with Crippen molar-refractivity contribution in [1.82, 2.24) is 5.32 Å². The van der Waals surface area contributed by atoms with Crippen LogP contribution >= 0.6 is 0 Å². The first-order chi connectivity index (χ1) is 7.47. The highest BCUT2D eigenvalue weighted by Gasteiger charge is 2.17. The van der Waals surface area contributed by atoms with Crippen LogP contribution in [-0.4, -0.2) is 37.4 Å². The van der Waals surface area contributed by atoms with E-state index in [9.17, 15) is 4.79 Å². The van der Waals surface area contributed by atoms with Crippen LogP contribution in [0.4, 0.5) is 0 Å². The first-order valence-electron chi connectivity index (χ1n) is 6.00. The predicted octanol–water partition coefficient (Wildman–Crippen LogP) is 1.49. The molecule has 0 aliphatic carbocycles. The molecule has 1 N–H and O–H groups in total. The molecule has 0 amide bonds. The Morgan fingerprint density at radius 3 is 2.81 bits per heavy atom. The van der Waals surface area contributed by atoms with Crippen LogP contribution in [0, 0.1) is 0 Å².